The van der Waals surface area contributed by atoms with Crippen LogP contribution in [0.1, 0.15) is 69.2 Å². The number of carbonyl (C=O) groups is 3. The standard InChI is InChI=1S/C28H34O6/c1-26-12-10-19(29)14-18(26)8-9-20-21-11-13-28(33,27(21,2)15-22(30)24(20)26)23(31)16-34-25(32)17-6-4-3-5-7-17/h3-7,14,20-22,24,30,33H,8-13,15-16H2,1-2H3/t20?,21?,22?,24?,26-,27-,28-/m0/s1. The van der Waals surface area contributed by atoms with E-state index >= 15 is 0 Å². The van der Waals surface area contributed by atoms with Crippen molar-refractivity contribution in [3.05, 3.63) is 47.5 Å². The number of aliphatic hydroxyl groups is 2. The summed E-state index contributed by atoms with van der Waals surface area (Å²) in [6.45, 7) is 3.63. The topological polar surface area (TPSA) is 101 Å². The number of hydrogen-bond acceptors (Lipinski definition) is 6. The zero-order valence-corrected chi connectivity index (χ0v) is 20.0. The highest BCUT2D eigenvalue weighted by Gasteiger charge is 2.68. The molecule has 6 nitrogen and oxygen atoms in total. The first-order chi connectivity index (χ1) is 16.1. The Kier molecular flexibility index (Phi) is 5.60. The van der Waals surface area contributed by atoms with E-state index in [1.807, 2.05) is 6.92 Å². The lowest BCUT2D eigenvalue weighted by Gasteiger charge is -2.60. The highest BCUT2D eigenvalue weighted by molar-refractivity contribution is 5.94. The van der Waals surface area contributed by atoms with Crippen molar-refractivity contribution in [3.8, 4) is 0 Å². The Morgan fingerprint density at radius 2 is 1.82 bits per heavy atom. The van der Waals surface area contributed by atoms with Gasteiger partial charge < -0.3 is 14.9 Å². The predicted molar refractivity (Wildman–Crippen MR) is 125 cm³/mol. The van der Waals surface area contributed by atoms with Crippen LogP contribution in [0.2, 0.25) is 0 Å². The molecule has 182 valence electrons. The van der Waals surface area contributed by atoms with Crippen molar-refractivity contribution in [1.82, 2.24) is 0 Å². The fourth-order valence-corrected chi connectivity index (χ4v) is 8.06. The summed E-state index contributed by atoms with van der Waals surface area (Å²) in [4.78, 5) is 37.7. The molecule has 1 aromatic rings. The van der Waals surface area contributed by atoms with Crippen molar-refractivity contribution in [3.63, 3.8) is 0 Å². The average molecular weight is 467 g/mol. The molecule has 4 aliphatic carbocycles. The maximum absolute atomic E-state index is 13.3. The number of ketones is 2. The van der Waals surface area contributed by atoms with Gasteiger partial charge in [-0.15, -0.1) is 0 Å². The van der Waals surface area contributed by atoms with Crippen molar-refractivity contribution in [1.29, 1.82) is 0 Å². The lowest BCUT2D eigenvalue weighted by Crippen LogP contribution is -2.62. The van der Waals surface area contributed by atoms with Gasteiger partial charge in [-0.05, 0) is 79.9 Å². The minimum Gasteiger partial charge on any atom is -0.454 e. The Labute approximate surface area is 200 Å². The molecule has 0 bridgehead atoms. The summed E-state index contributed by atoms with van der Waals surface area (Å²) in [6.07, 6.45) is 5.40. The summed E-state index contributed by atoms with van der Waals surface area (Å²) in [5.41, 5.74) is -1.12. The maximum atomic E-state index is 13.3. The van der Waals surface area contributed by atoms with E-state index in [0.29, 0.717) is 31.2 Å². The molecule has 3 fully saturated rings. The number of carbonyl (C=O) groups excluding carboxylic acids is 3. The first-order valence-electron chi connectivity index (χ1n) is 12.5. The van der Waals surface area contributed by atoms with Gasteiger partial charge in [0, 0.05) is 11.8 Å². The van der Waals surface area contributed by atoms with Crippen LogP contribution in [0.3, 0.4) is 0 Å². The van der Waals surface area contributed by atoms with Crippen LogP contribution in [0.25, 0.3) is 0 Å². The molecule has 0 spiro atoms. The summed E-state index contributed by atoms with van der Waals surface area (Å²) in [5, 5.41) is 23.2. The van der Waals surface area contributed by atoms with Crippen molar-refractivity contribution in [2.45, 2.75) is 70.5 Å². The van der Waals surface area contributed by atoms with Gasteiger partial charge in [-0.3, -0.25) is 9.59 Å². The maximum Gasteiger partial charge on any atom is 0.338 e. The number of benzene rings is 1. The smallest absolute Gasteiger partial charge is 0.338 e. The van der Waals surface area contributed by atoms with Gasteiger partial charge in [-0.1, -0.05) is 37.6 Å². The van der Waals surface area contributed by atoms with Crippen molar-refractivity contribution < 1.29 is 29.3 Å². The molecule has 2 N–H and O–H groups in total. The molecule has 0 aromatic heterocycles. The van der Waals surface area contributed by atoms with E-state index in [0.717, 1.165) is 24.8 Å². The van der Waals surface area contributed by atoms with Crippen LogP contribution in [0.4, 0.5) is 0 Å². The van der Waals surface area contributed by atoms with E-state index in [1.165, 1.54) is 0 Å². The molecule has 3 saturated carbocycles. The lowest BCUT2D eigenvalue weighted by atomic mass is 9.45. The Balaban J connectivity index is 1.37. The van der Waals surface area contributed by atoms with Crippen molar-refractivity contribution >= 4 is 17.5 Å². The third-order valence-electron chi connectivity index (χ3n) is 9.85. The Bertz CT molecular complexity index is 1050. The molecular formula is C28H34O6. The SMILES string of the molecule is C[C@]12CCC(=O)C=C1CCC1C2C(O)C[C@@]2(C)C1CC[C@]2(O)C(=O)COC(=O)c1ccccc1. The van der Waals surface area contributed by atoms with Gasteiger partial charge in [0.15, 0.2) is 12.4 Å². The lowest BCUT2D eigenvalue weighted by molar-refractivity contribution is -0.182. The summed E-state index contributed by atoms with van der Waals surface area (Å²) in [5.74, 6) is -0.613. The minimum absolute atomic E-state index is 0.0204. The fourth-order valence-electron chi connectivity index (χ4n) is 8.06. The van der Waals surface area contributed by atoms with E-state index in [-0.39, 0.29) is 29.0 Å². The van der Waals surface area contributed by atoms with E-state index < -0.39 is 35.5 Å². The number of fused-ring (bicyclic) bond motifs is 5. The van der Waals surface area contributed by atoms with Gasteiger partial charge >= 0.3 is 5.97 Å². The molecule has 34 heavy (non-hydrogen) atoms. The van der Waals surface area contributed by atoms with Gasteiger partial charge in [0.05, 0.1) is 11.7 Å². The van der Waals surface area contributed by atoms with E-state index in [4.69, 9.17) is 4.74 Å². The quantitative estimate of drug-likeness (QED) is 0.657. The van der Waals surface area contributed by atoms with Gasteiger partial charge in [0.25, 0.3) is 0 Å². The number of rotatable bonds is 4. The van der Waals surface area contributed by atoms with E-state index in [2.05, 4.69) is 6.92 Å². The normalized spacial score (nSPS) is 41.1. The second-order valence-electron chi connectivity index (χ2n) is 11.3. The highest BCUT2D eigenvalue weighted by Crippen LogP contribution is 2.67. The molecule has 0 radical (unpaired) electrons. The van der Waals surface area contributed by atoms with Gasteiger partial charge in [0.2, 0.25) is 5.78 Å². The molecule has 6 heteroatoms. The first kappa shape index (κ1) is 23.4. The first-order valence-corrected chi connectivity index (χ1v) is 12.5. The number of allylic oxidation sites excluding steroid dienone is 1. The van der Waals surface area contributed by atoms with E-state index in [1.54, 1.807) is 36.4 Å². The summed E-state index contributed by atoms with van der Waals surface area (Å²) in [7, 11) is 0. The van der Waals surface area contributed by atoms with Crippen molar-refractivity contribution in [2.75, 3.05) is 6.61 Å². The van der Waals surface area contributed by atoms with Crippen LogP contribution in [0.5, 0.6) is 0 Å². The Morgan fingerprint density at radius 1 is 1.09 bits per heavy atom. The highest BCUT2D eigenvalue weighted by atomic mass is 16.5. The predicted octanol–water partition coefficient (Wildman–Crippen LogP) is 3.65. The molecule has 0 amide bonds. The van der Waals surface area contributed by atoms with Crippen LogP contribution in [-0.4, -0.2) is 46.1 Å². The van der Waals surface area contributed by atoms with Crippen LogP contribution in [-0.2, 0) is 14.3 Å². The Hall–Kier alpha value is -2.31. The number of hydrogen-bond donors (Lipinski definition) is 2. The van der Waals surface area contributed by atoms with E-state index in [9.17, 15) is 24.6 Å². The van der Waals surface area contributed by atoms with Crippen molar-refractivity contribution in [2.24, 2.45) is 28.6 Å². The monoisotopic (exact) mass is 466 g/mol. The number of ether oxygens (including phenoxy) is 1. The zero-order chi connectivity index (χ0) is 24.3. The third-order valence-corrected chi connectivity index (χ3v) is 9.85. The molecule has 4 unspecified atom stereocenters. The van der Waals surface area contributed by atoms with Crippen LogP contribution < -0.4 is 0 Å². The molecule has 0 aliphatic heterocycles. The van der Waals surface area contributed by atoms with Gasteiger partial charge in [-0.25, -0.2) is 4.79 Å². The summed E-state index contributed by atoms with van der Waals surface area (Å²) < 4.78 is 5.27. The van der Waals surface area contributed by atoms with Crippen LogP contribution >= 0.6 is 0 Å². The number of Topliss-reactive ketones (excluding diaryl/α,β-unsaturated/α-hetero) is 1. The molecule has 5 rings (SSSR count). The molecule has 0 heterocycles. The zero-order valence-electron chi connectivity index (χ0n) is 20.0. The number of esters is 1. The summed E-state index contributed by atoms with van der Waals surface area (Å²) in [6, 6.07) is 8.49. The minimum atomic E-state index is -1.64. The van der Waals surface area contributed by atoms with Crippen LogP contribution in [0.15, 0.2) is 42.0 Å². The molecule has 0 saturated heterocycles. The second-order valence-corrected chi connectivity index (χ2v) is 11.3. The largest absolute Gasteiger partial charge is 0.454 e. The molecule has 4 aliphatic rings. The fraction of sp³-hybridized carbons (Fsp3) is 0.607. The van der Waals surface area contributed by atoms with Gasteiger partial charge in [-0.2, -0.15) is 0 Å². The van der Waals surface area contributed by atoms with Gasteiger partial charge in [0.1, 0.15) is 5.60 Å². The Morgan fingerprint density at radius 3 is 2.56 bits per heavy atom. The average Bonchev–Trinajstić information content (AvgIpc) is 3.09. The van der Waals surface area contributed by atoms with Crippen LogP contribution in [0, 0.1) is 28.6 Å². The molecule has 1 aromatic carbocycles. The third kappa shape index (κ3) is 3.33. The summed E-state index contributed by atoms with van der Waals surface area (Å²) >= 11 is 0. The second kappa shape index (κ2) is 8.13. The molecular weight excluding hydrogens is 432 g/mol. The molecule has 7 atom stereocenters. The number of aliphatic hydroxyl groups excluding tert-OH is 1.